The second kappa shape index (κ2) is 9.26. The maximum absolute atomic E-state index is 12.8. The number of carbonyl (C=O) groups is 1. The van der Waals surface area contributed by atoms with E-state index in [0.717, 1.165) is 54.0 Å². The quantitative estimate of drug-likeness (QED) is 0.616. The van der Waals surface area contributed by atoms with Crippen LogP contribution in [-0.4, -0.2) is 30.6 Å². The van der Waals surface area contributed by atoms with E-state index in [1.54, 1.807) is 0 Å². The second-order valence-corrected chi connectivity index (χ2v) is 8.09. The molecule has 0 saturated carbocycles. The summed E-state index contributed by atoms with van der Waals surface area (Å²) in [5.74, 6) is 1.29. The van der Waals surface area contributed by atoms with Crippen molar-refractivity contribution in [1.82, 2.24) is 10.3 Å². The molecule has 3 aromatic rings. The monoisotopic (exact) mass is 403 g/mol. The van der Waals surface area contributed by atoms with Gasteiger partial charge in [-0.25, -0.2) is 4.98 Å². The molecule has 2 unspecified atom stereocenters. The standard InChI is InChI=1S/C25H29N3O2/c1-17-8-3-4-10-20(17)25(29)27-18(2)22-14-24(26-15-19-9-7-13-30-16-19)28-23-12-6-5-11-21(22)23/h3-6,8,10-12,14,18-19H,7,9,13,15-16H2,1-2H3,(H,26,28)(H,27,29). The zero-order valence-corrected chi connectivity index (χ0v) is 17.7. The molecule has 1 aliphatic rings. The minimum absolute atomic E-state index is 0.0599. The number of amides is 1. The van der Waals surface area contributed by atoms with Gasteiger partial charge in [-0.05, 0) is 61.9 Å². The highest BCUT2D eigenvalue weighted by molar-refractivity contribution is 5.96. The van der Waals surface area contributed by atoms with Crippen molar-refractivity contribution in [2.24, 2.45) is 5.92 Å². The lowest BCUT2D eigenvalue weighted by atomic mass is 10.0. The highest BCUT2D eigenvalue weighted by Gasteiger charge is 2.18. The summed E-state index contributed by atoms with van der Waals surface area (Å²) in [5, 5.41) is 7.71. The first-order valence-corrected chi connectivity index (χ1v) is 10.7. The van der Waals surface area contributed by atoms with Gasteiger partial charge in [-0.3, -0.25) is 4.79 Å². The van der Waals surface area contributed by atoms with Crippen LogP contribution < -0.4 is 10.6 Å². The maximum Gasteiger partial charge on any atom is 0.252 e. The molecule has 1 aliphatic heterocycles. The molecule has 1 fully saturated rings. The average molecular weight is 404 g/mol. The normalized spacial score (nSPS) is 17.5. The second-order valence-electron chi connectivity index (χ2n) is 8.09. The van der Waals surface area contributed by atoms with Gasteiger partial charge in [0.2, 0.25) is 0 Å². The van der Waals surface area contributed by atoms with Gasteiger partial charge in [-0.15, -0.1) is 0 Å². The minimum Gasteiger partial charge on any atom is -0.381 e. The van der Waals surface area contributed by atoms with E-state index in [2.05, 4.69) is 22.8 Å². The van der Waals surface area contributed by atoms with Crippen LogP contribution in [0.3, 0.4) is 0 Å². The van der Waals surface area contributed by atoms with E-state index in [9.17, 15) is 4.79 Å². The number of fused-ring (bicyclic) bond motifs is 1. The van der Waals surface area contributed by atoms with Crippen molar-refractivity contribution in [3.63, 3.8) is 0 Å². The lowest BCUT2D eigenvalue weighted by molar-refractivity contribution is 0.0595. The fourth-order valence-electron chi connectivity index (χ4n) is 4.05. The molecule has 1 saturated heterocycles. The van der Waals surface area contributed by atoms with Crippen molar-refractivity contribution in [3.05, 3.63) is 71.3 Å². The molecule has 5 heteroatoms. The number of pyridine rings is 1. The van der Waals surface area contributed by atoms with Crippen LogP contribution in [0.15, 0.2) is 54.6 Å². The van der Waals surface area contributed by atoms with Gasteiger partial charge >= 0.3 is 0 Å². The summed E-state index contributed by atoms with van der Waals surface area (Å²) < 4.78 is 5.59. The largest absolute Gasteiger partial charge is 0.381 e. The Bertz CT molecular complexity index is 1030. The summed E-state index contributed by atoms with van der Waals surface area (Å²) in [7, 11) is 0. The number of nitrogens with zero attached hydrogens (tertiary/aromatic N) is 1. The number of anilines is 1. The molecule has 0 bridgehead atoms. The summed E-state index contributed by atoms with van der Waals surface area (Å²) in [5.41, 5.74) is 3.66. The number of aromatic nitrogens is 1. The number of rotatable bonds is 6. The van der Waals surface area contributed by atoms with Crippen molar-refractivity contribution >= 4 is 22.6 Å². The van der Waals surface area contributed by atoms with E-state index in [-0.39, 0.29) is 11.9 Å². The Hall–Kier alpha value is -2.92. The molecule has 0 aliphatic carbocycles. The SMILES string of the molecule is Cc1ccccc1C(=O)NC(C)c1cc(NCC2CCCOC2)nc2ccccc12. The van der Waals surface area contributed by atoms with Crippen LogP contribution in [-0.2, 0) is 4.74 Å². The molecule has 1 aromatic heterocycles. The Labute approximate surface area is 177 Å². The number of hydrogen-bond donors (Lipinski definition) is 2. The summed E-state index contributed by atoms with van der Waals surface area (Å²) >= 11 is 0. The topological polar surface area (TPSA) is 63.2 Å². The minimum atomic E-state index is -0.149. The molecule has 2 aromatic carbocycles. The first-order chi connectivity index (χ1) is 14.6. The fourth-order valence-corrected chi connectivity index (χ4v) is 4.05. The van der Waals surface area contributed by atoms with E-state index in [4.69, 9.17) is 9.72 Å². The molecular formula is C25H29N3O2. The molecule has 4 rings (SSSR count). The van der Waals surface area contributed by atoms with Crippen LogP contribution in [0.5, 0.6) is 0 Å². The number of carbonyl (C=O) groups excluding carboxylic acids is 1. The van der Waals surface area contributed by atoms with Crippen LogP contribution in [0.2, 0.25) is 0 Å². The van der Waals surface area contributed by atoms with Crippen molar-refractivity contribution < 1.29 is 9.53 Å². The van der Waals surface area contributed by atoms with Gasteiger partial charge in [-0.2, -0.15) is 0 Å². The van der Waals surface area contributed by atoms with Gasteiger partial charge in [0.15, 0.2) is 0 Å². The van der Waals surface area contributed by atoms with Crippen LogP contribution in [0, 0.1) is 12.8 Å². The van der Waals surface area contributed by atoms with Crippen molar-refractivity contribution in [2.45, 2.75) is 32.7 Å². The fraction of sp³-hybridized carbons (Fsp3) is 0.360. The van der Waals surface area contributed by atoms with Crippen molar-refractivity contribution in [2.75, 3.05) is 25.1 Å². The predicted octanol–water partition coefficient (Wildman–Crippen LogP) is 4.87. The molecular weight excluding hydrogens is 374 g/mol. The maximum atomic E-state index is 12.8. The number of benzene rings is 2. The number of nitrogens with one attached hydrogen (secondary N) is 2. The Balaban J connectivity index is 1.56. The smallest absolute Gasteiger partial charge is 0.252 e. The number of hydrogen-bond acceptors (Lipinski definition) is 4. The first kappa shape index (κ1) is 20.4. The van der Waals surface area contributed by atoms with Crippen LogP contribution >= 0.6 is 0 Å². The van der Waals surface area contributed by atoms with Crippen LogP contribution in [0.25, 0.3) is 10.9 Å². The highest BCUT2D eigenvalue weighted by Crippen LogP contribution is 2.27. The summed E-state index contributed by atoms with van der Waals surface area (Å²) in [4.78, 5) is 17.6. The summed E-state index contributed by atoms with van der Waals surface area (Å²) in [6.45, 7) is 6.49. The predicted molar refractivity (Wildman–Crippen MR) is 121 cm³/mol. The zero-order chi connectivity index (χ0) is 20.9. The molecule has 0 spiro atoms. The molecule has 0 radical (unpaired) electrons. The van der Waals surface area contributed by atoms with Crippen LogP contribution in [0.4, 0.5) is 5.82 Å². The third-order valence-electron chi connectivity index (χ3n) is 5.78. The van der Waals surface area contributed by atoms with E-state index in [1.165, 1.54) is 6.42 Å². The van der Waals surface area contributed by atoms with Crippen molar-refractivity contribution in [3.8, 4) is 0 Å². The molecule has 1 amide bonds. The Morgan fingerprint density at radius 1 is 1.20 bits per heavy atom. The zero-order valence-electron chi connectivity index (χ0n) is 17.7. The molecule has 156 valence electrons. The van der Waals surface area contributed by atoms with Gasteiger partial charge in [0, 0.05) is 24.1 Å². The van der Waals surface area contributed by atoms with Gasteiger partial charge in [0.05, 0.1) is 18.2 Å². The molecule has 2 atom stereocenters. The first-order valence-electron chi connectivity index (χ1n) is 10.7. The highest BCUT2D eigenvalue weighted by atomic mass is 16.5. The van der Waals surface area contributed by atoms with E-state index >= 15 is 0 Å². The lowest BCUT2D eigenvalue weighted by Crippen LogP contribution is -2.28. The Morgan fingerprint density at radius 2 is 2.00 bits per heavy atom. The van der Waals surface area contributed by atoms with E-state index in [0.29, 0.717) is 11.5 Å². The van der Waals surface area contributed by atoms with Gasteiger partial charge in [-0.1, -0.05) is 36.4 Å². The molecule has 5 nitrogen and oxygen atoms in total. The molecule has 2 heterocycles. The van der Waals surface area contributed by atoms with Gasteiger partial charge < -0.3 is 15.4 Å². The summed E-state index contributed by atoms with van der Waals surface area (Å²) in [6, 6.07) is 17.7. The average Bonchev–Trinajstić information content (AvgIpc) is 2.78. The van der Waals surface area contributed by atoms with Gasteiger partial charge in [0.1, 0.15) is 5.82 Å². The van der Waals surface area contributed by atoms with E-state index < -0.39 is 0 Å². The third-order valence-corrected chi connectivity index (χ3v) is 5.78. The third kappa shape index (κ3) is 4.62. The Kier molecular flexibility index (Phi) is 6.29. The lowest BCUT2D eigenvalue weighted by Gasteiger charge is -2.23. The number of para-hydroxylation sites is 1. The number of ether oxygens (including phenoxy) is 1. The number of aryl methyl sites for hydroxylation is 1. The van der Waals surface area contributed by atoms with Crippen LogP contribution in [0.1, 0.15) is 47.3 Å². The van der Waals surface area contributed by atoms with Crippen molar-refractivity contribution in [1.29, 1.82) is 0 Å². The van der Waals surface area contributed by atoms with Gasteiger partial charge in [0.25, 0.3) is 5.91 Å². The molecule has 2 N–H and O–H groups in total. The Morgan fingerprint density at radius 3 is 2.80 bits per heavy atom. The van der Waals surface area contributed by atoms with E-state index in [1.807, 2.05) is 56.3 Å². The summed E-state index contributed by atoms with van der Waals surface area (Å²) in [6.07, 6.45) is 2.29. The molecule has 30 heavy (non-hydrogen) atoms.